The predicted molar refractivity (Wildman–Crippen MR) is 68.6 cm³/mol. The van der Waals surface area contributed by atoms with E-state index in [1.165, 1.54) is 11.3 Å². The Morgan fingerprint density at radius 1 is 1.06 bits per heavy atom. The minimum atomic E-state index is 0.633. The number of benzene rings is 1. The molecule has 2 N–H and O–H groups in total. The zero-order valence-corrected chi connectivity index (χ0v) is 10.3. The average Bonchev–Trinajstić information content (AvgIpc) is 2.47. The van der Waals surface area contributed by atoms with Gasteiger partial charge >= 0.3 is 0 Å². The molecule has 0 spiro atoms. The smallest absolute Gasteiger partial charge is 0.0688 e. The van der Waals surface area contributed by atoms with Gasteiger partial charge in [-0.1, -0.05) is 23.2 Å². The Balaban J connectivity index is 2.31. The van der Waals surface area contributed by atoms with Crippen LogP contribution in [0, 0.1) is 0 Å². The Hall–Kier alpha value is -0.700. The Labute approximate surface area is 104 Å². The second-order valence-corrected chi connectivity index (χ2v) is 4.90. The molecule has 4 heteroatoms. The van der Waals surface area contributed by atoms with Gasteiger partial charge in [0.15, 0.2) is 0 Å². The molecular formula is C12H12Cl2N2. The largest absolute Gasteiger partial charge is 0.358 e. The molecule has 0 unspecified atom stereocenters. The molecule has 2 aromatic rings. The summed E-state index contributed by atoms with van der Waals surface area (Å²) < 4.78 is 0. The lowest BCUT2D eigenvalue weighted by molar-refractivity contribution is 0.708. The summed E-state index contributed by atoms with van der Waals surface area (Å²) in [6.07, 6.45) is 2.04. The molecule has 0 amide bonds. The van der Waals surface area contributed by atoms with E-state index in [9.17, 15) is 0 Å². The van der Waals surface area contributed by atoms with Gasteiger partial charge in [-0.2, -0.15) is 0 Å². The first-order valence-electron chi connectivity index (χ1n) is 5.45. The molecule has 2 nitrogen and oxygen atoms in total. The fraction of sp³-hybridized carbons (Fsp3) is 0.333. The van der Waals surface area contributed by atoms with Crippen LogP contribution in [-0.2, 0) is 12.8 Å². The van der Waals surface area contributed by atoms with Crippen molar-refractivity contribution in [1.82, 2.24) is 10.3 Å². The van der Waals surface area contributed by atoms with E-state index in [1.54, 1.807) is 0 Å². The first kappa shape index (κ1) is 10.5. The summed E-state index contributed by atoms with van der Waals surface area (Å²) in [4.78, 5) is 3.44. The third kappa shape index (κ3) is 1.53. The number of halogens is 2. The van der Waals surface area contributed by atoms with E-state index in [1.807, 2.05) is 12.1 Å². The summed E-state index contributed by atoms with van der Waals surface area (Å²) in [7, 11) is 0. The minimum Gasteiger partial charge on any atom is -0.358 e. The van der Waals surface area contributed by atoms with Crippen LogP contribution in [0.25, 0.3) is 10.9 Å². The molecule has 2 heterocycles. The van der Waals surface area contributed by atoms with Crippen LogP contribution in [0.5, 0.6) is 0 Å². The topological polar surface area (TPSA) is 27.8 Å². The SMILES string of the molecule is Clc1ccc2[nH]c3c(c2c1Cl)CCNCC3. The van der Waals surface area contributed by atoms with Crippen molar-refractivity contribution in [3.63, 3.8) is 0 Å². The number of aromatic nitrogens is 1. The molecule has 1 aromatic carbocycles. The molecule has 0 saturated heterocycles. The molecule has 0 atom stereocenters. The second-order valence-electron chi connectivity index (χ2n) is 4.12. The van der Waals surface area contributed by atoms with Crippen molar-refractivity contribution >= 4 is 34.1 Å². The van der Waals surface area contributed by atoms with Crippen molar-refractivity contribution in [2.75, 3.05) is 13.1 Å². The standard InChI is InChI=1S/C12H12Cl2N2/c13-8-1-2-10-11(12(8)14)7-3-5-15-6-4-9(7)16-10/h1-2,15-16H,3-6H2. The molecule has 3 rings (SSSR count). The van der Waals surface area contributed by atoms with Gasteiger partial charge in [-0.3, -0.25) is 0 Å². The van der Waals surface area contributed by atoms with E-state index in [4.69, 9.17) is 23.2 Å². The molecule has 0 fully saturated rings. The first-order valence-corrected chi connectivity index (χ1v) is 6.21. The number of H-pyrrole nitrogens is 1. The summed E-state index contributed by atoms with van der Waals surface area (Å²) in [5, 5.41) is 5.80. The van der Waals surface area contributed by atoms with Crippen molar-refractivity contribution in [2.24, 2.45) is 0 Å². The molecule has 1 aliphatic heterocycles. The van der Waals surface area contributed by atoms with Crippen LogP contribution >= 0.6 is 23.2 Å². The number of fused-ring (bicyclic) bond motifs is 3. The summed E-state index contributed by atoms with van der Waals surface area (Å²) in [6, 6.07) is 3.85. The average molecular weight is 255 g/mol. The summed E-state index contributed by atoms with van der Waals surface area (Å²) >= 11 is 12.4. The van der Waals surface area contributed by atoms with Crippen molar-refractivity contribution < 1.29 is 0 Å². The summed E-state index contributed by atoms with van der Waals surface area (Å²) in [5.41, 5.74) is 3.72. The van der Waals surface area contributed by atoms with Crippen LogP contribution in [0.4, 0.5) is 0 Å². The van der Waals surface area contributed by atoms with E-state index in [0.717, 1.165) is 36.8 Å². The first-order chi connectivity index (χ1) is 7.77. The van der Waals surface area contributed by atoms with Crippen molar-refractivity contribution in [3.8, 4) is 0 Å². The molecule has 16 heavy (non-hydrogen) atoms. The van der Waals surface area contributed by atoms with Crippen molar-refractivity contribution in [2.45, 2.75) is 12.8 Å². The van der Waals surface area contributed by atoms with Crippen LogP contribution in [0.3, 0.4) is 0 Å². The molecule has 0 aliphatic carbocycles. The lowest BCUT2D eigenvalue weighted by Gasteiger charge is -2.01. The quantitative estimate of drug-likeness (QED) is 0.743. The van der Waals surface area contributed by atoms with Gasteiger partial charge in [0.25, 0.3) is 0 Å². The maximum Gasteiger partial charge on any atom is 0.0688 e. The maximum atomic E-state index is 6.29. The number of nitrogens with one attached hydrogen (secondary N) is 2. The summed E-state index contributed by atoms with van der Waals surface area (Å²) in [6.45, 7) is 2.02. The Morgan fingerprint density at radius 3 is 2.75 bits per heavy atom. The molecule has 1 aromatic heterocycles. The lowest BCUT2D eigenvalue weighted by atomic mass is 10.1. The van der Waals surface area contributed by atoms with Gasteiger partial charge in [-0.15, -0.1) is 0 Å². The third-order valence-corrected chi connectivity index (χ3v) is 3.95. The van der Waals surface area contributed by atoms with Crippen LogP contribution < -0.4 is 5.32 Å². The van der Waals surface area contributed by atoms with E-state index in [-0.39, 0.29) is 0 Å². The van der Waals surface area contributed by atoms with E-state index < -0.39 is 0 Å². The molecule has 84 valence electrons. The van der Waals surface area contributed by atoms with E-state index in [0.29, 0.717) is 10.0 Å². The highest BCUT2D eigenvalue weighted by molar-refractivity contribution is 6.45. The Morgan fingerprint density at radius 2 is 1.88 bits per heavy atom. The zero-order chi connectivity index (χ0) is 11.1. The molecule has 0 bridgehead atoms. The van der Waals surface area contributed by atoms with E-state index in [2.05, 4.69) is 10.3 Å². The van der Waals surface area contributed by atoms with Crippen LogP contribution in [0.2, 0.25) is 10.0 Å². The highest BCUT2D eigenvalue weighted by Crippen LogP contribution is 2.35. The van der Waals surface area contributed by atoms with Crippen LogP contribution in [0.15, 0.2) is 12.1 Å². The van der Waals surface area contributed by atoms with Crippen LogP contribution in [-0.4, -0.2) is 18.1 Å². The van der Waals surface area contributed by atoms with Gasteiger partial charge in [-0.25, -0.2) is 0 Å². The fourth-order valence-corrected chi connectivity index (χ4v) is 2.82. The molecular weight excluding hydrogens is 243 g/mol. The van der Waals surface area contributed by atoms with Gasteiger partial charge in [0, 0.05) is 29.6 Å². The maximum absolute atomic E-state index is 6.29. The Kier molecular flexibility index (Phi) is 2.58. The number of aromatic amines is 1. The summed E-state index contributed by atoms with van der Waals surface area (Å²) in [5.74, 6) is 0. The minimum absolute atomic E-state index is 0.633. The van der Waals surface area contributed by atoms with Gasteiger partial charge < -0.3 is 10.3 Å². The predicted octanol–water partition coefficient (Wildman–Crippen LogP) is 3.16. The van der Waals surface area contributed by atoms with Gasteiger partial charge in [-0.05, 0) is 30.7 Å². The van der Waals surface area contributed by atoms with Crippen molar-refractivity contribution in [1.29, 1.82) is 0 Å². The molecule has 1 aliphatic rings. The van der Waals surface area contributed by atoms with E-state index >= 15 is 0 Å². The highest BCUT2D eigenvalue weighted by Gasteiger charge is 2.17. The van der Waals surface area contributed by atoms with Gasteiger partial charge in [0.2, 0.25) is 0 Å². The highest BCUT2D eigenvalue weighted by atomic mass is 35.5. The zero-order valence-electron chi connectivity index (χ0n) is 8.74. The normalized spacial score (nSPS) is 16.1. The van der Waals surface area contributed by atoms with Gasteiger partial charge in [0.05, 0.1) is 10.0 Å². The Bertz CT molecular complexity index is 545. The third-order valence-electron chi connectivity index (χ3n) is 3.15. The number of hydrogen-bond donors (Lipinski definition) is 2. The molecule has 0 radical (unpaired) electrons. The van der Waals surface area contributed by atoms with Crippen molar-refractivity contribution in [3.05, 3.63) is 33.4 Å². The second kappa shape index (κ2) is 3.95. The number of hydrogen-bond acceptors (Lipinski definition) is 1. The lowest BCUT2D eigenvalue weighted by Crippen LogP contribution is -2.16. The van der Waals surface area contributed by atoms with Gasteiger partial charge in [0.1, 0.15) is 0 Å². The fourth-order valence-electron chi connectivity index (χ4n) is 2.38. The molecule has 0 saturated carbocycles. The monoisotopic (exact) mass is 254 g/mol. The number of rotatable bonds is 0. The van der Waals surface area contributed by atoms with Crippen LogP contribution in [0.1, 0.15) is 11.3 Å².